The van der Waals surface area contributed by atoms with Gasteiger partial charge in [0.1, 0.15) is 5.75 Å². The monoisotopic (exact) mass is 441 g/mol. The first-order chi connectivity index (χ1) is 16.1. The Morgan fingerprint density at radius 2 is 1.82 bits per heavy atom. The summed E-state index contributed by atoms with van der Waals surface area (Å²) in [5, 5.41) is 9.02. The lowest BCUT2D eigenvalue weighted by atomic mass is 9.97. The van der Waals surface area contributed by atoms with E-state index in [9.17, 15) is 4.79 Å². The van der Waals surface area contributed by atoms with Gasteiger partial charge in [-0.05, 0) is 66.4 Å². The highest BCUT2D eigenvalue weighted by molar-refractivity contribution is 6.05. The number of methoxy groups -OCH3 is 1. The van der Waals surface area contributed by atoms with Crippen LogP contribution in [0.1, 0.15) is 49.8 Å². The number of benzene rings is 3. The van der Waals surface area contributed by atoms with Crippen LogP contribution in [0.25, 0.3) is 10.8 Å². The predicted octanol–water partition coefficient (Wildman–Crippen LogP) is 5.40. The Hall–Kier alpha value is -3.18. The van der Waals surface area contributed by atoms with Crippen LogP contribution in [0.2, 0.25) is 0 Å². The minimum atomic E-state index is -0.107. The smallest absolute Gasteiger partial charge is 0.257 e. The molecule has 5 heteroatoms. The van der Waals surface area contributed by atoms with Crippen LogP contribution in [-0.4, -0.2) is 47.8 Å². The third kappa shape index (κ3) is 4.51. The number of carbonyl (C=O) groups excluding carboxylic acids is 1. The van der Waals surface area contributed by atoms with Gasteiger partial charge in [-0.1, -0.05) is 55.0 Å². The number of nitrogens with zero attached hydrogens (tertiary/aromatic N) is 3. The van der Waals surface area contributed by atoms with Crippen molar-refractivity contribution in [2.24, 2.45) is 5.10 Å². The van der Waals surface area contributed by atoms with E-state index < -0.39 is 0 Å². The molecule has 0 aromatic heterocycles. The van der Waals surface area contributed by atoms with Crippen LogP contribution in [0.4, 0.5) is 0 Å². The second-order valence-electron chi connectivity index (χ2n) is 9.16. The van der Waals surface area contributed by atoms with E-state index in [1.165, 1.54) is 17.2 Å². The second-order valence-corrected chi connectivity index (χ2v) is 9.16. The minimum Gasteiger partial charge on any atom is -0.497 e. The number of hydrogen-bond donors (Lipinski definition) is 0. The normalized spacial score (nSPS) is 21.3. The maximum absolute atomic E-state index is 13.5. The van der Waals surface area contributed by atoms with Gasteiger partial charge in [-0.15, -0.1) is 0 Å². The van der Waals surface area contributed by atoms with Crippen LogP contribution in [0, 0.1) is 0 Å². The molecule has 1 saturated heterocycles. The first-order valence-corrected chi connectivity index (χ1v) is 11.9. The summed E-state index contributed by atoms with van der Waals surface area (Å²) in [4.78, 5) is 15.8. The molecular formula is C28H31N3O2. The van der Waals surface area contributed by atoms with Crippen molar-refractivity contribution in [3.05, 3.63) is 77.9 Å². The Kier molecular flexibility index (Phi) is 6.14. The summed E-state index contributed by atoms with van der Waals surface area (Å²) < 4.78 is 5.33. The molecule has 5 rings (SSSR count). The molecule has 33 heavy (non-hydrogen) atoms. The summed E-state index contributed by atoms with van der Waals surface area (Å²) in [5.41, 5.74) is 3.12. The van der Waals surface area contributed by atoms with E-state index in [4.69, 9.17) is 9.84 Å². The fourth-order valence-corrected chi connectivity index (χ4v) is 5.01. The van der Waals surface area contributed by atoms with Crippen molar-refractivity contribution in [2.45, 2.75) is 44.7 Å². The van der Waals surface area contributed by atoms with Crippen LogP contribution in [0.3, 0.4) is 0 Å². The molecule has 0 saturated carbocycles. The van der Waals surface area contributed by atoms with Crippen LogP contribution < -0.4 is 4.74 Å². The Bertz CT molecular complexity index is 1170. The topological polar surface area (TPSA) is 45.1 Å². The van der Waals surface area contributed by atoms with E-state index in [-0.39, 0.29) is 11.9 Å². The zero-order valence-corrected chi connectivity index (χ0v) is 19.4. The maximum Gasteiger partial charge on any atom is 0.257 e. The molecule has 3 aromatic carbocycles. The lowest BCUT2D eigenvalue weighted by Crippen LogP contribution is -2.44. The Labute approximate surface area is 195 Å². The molecule has 5 nitrogen and oxygen atoms in total. The van der Waals surface area contributed by atoms with E-state index in [0.717, 1.165) is 42.0 Å². The molecule has 0 N–H and O–H groups in total. The number of hydrazone groups is 1. The summed E-state index contributed by atoms with van der Waals surface area (Å²) in [6.07, 6.45) is 4.26. The van der Waals surface area contributed by atoms with E-state index in [1.807, 2.05) is 24.3 Å². The number of ether oxygens (including phenoxy) is 1. The number of likely N-dealkylation sites (tertiary alicyclic amines) is 1. The van der Waals surface area contributed by atoms with Crippen molar-refractivity contribution in [2.75, 3.05) is 20.2 Å². The lowest BCUT2D eigenvalue weighted by molar-refractivity contribution is -0.135. The number of hydrogen-bond acceptors (Lipinski definition) is 4. The van der Waals surface area contributed by atoms with Crippen LogP contribution in [0.15, 0.2) is 71.8 Å². The van der Waals surface area contributed by atoms with Gasteiger partial charge in [-0.25, -0.2) is 5.01 Å². The first-order valence-electron chi connectivity index (χ1n) is 11.9. The molecule has 2 heterocycles. The quantitative estimate of drug-likeness (QED) is 0.532. The fraction of sp³-hybridized carbons (Fsp3) is 0.357. The average Bonchev–Trinajstić information content (AvgIpc) is 3.31. The third-order valence-corrected chi connectivity index (χ3v) is 7.03. The van der Waals surface area contributed by atoms with Gasteiger partial charge in [-0.3, -0.25) is 9.69 Å². The number of fused-ring (bicyclic) bond motifs is 1. The third-order valence-electron chi connectivity index (χ3n) is 7.03. The molecule has 2 aliphatic heterocycles. The van der Waals surface area contributed by atoms with Gasteiger partial charge < -0.3 is 4.74 Å². The van der Waals surface area contributed by atoms with Crippen molar-refractivity contribution in [1.29, 1.82) is 0 Å². The molecule has 3 aromatic rings. The Morgan fingerprint density at radius 1 is 1.03 bits per heavy atom. The first kappa shape index (κ1) is 21.7. The molecule has 0 aliphatic carbocycles. The largest absolute Gasteiger partial charge is 0.497 e. The summed E-state index contributed by atoms with van der Waals surface area (Å²) in [5.74, 6) is 0.882. The number of piperidine rings is 1. The zero-order valence-electron chi connectivity index (χ0n) is 19.4. The highest BCUT2D eigenvalue weighted by Gasteiger charge is 2.34. The maximum atomic E-state index is 13.5. The summed E-state index contributed by atoms with van der Waals surface area (Å²) in [6.45, 7) is 3.62. The van der Waals surface area contributed by atoms with Gasteiger partial charge in [0.15, 0.2) is 0 Å². The highest BCUT2D eigenvalue weighted by atomic mass is 16.5. The van der Waals surface area contributed by atoms with Gasteiger partial charge in [0.2, 0.25) is 0 Å². The van der Waals surface area contributed by atoms with E-state index in [0.29, 0.717) is 19.0 Å². The minimum absolute atomic E-state index is 0.0698. The number of amides is 1. The van der Waals surface area contributed by atoms with Crippen LogP contribution in [0.5, 0.6) is 5.75 Å². The predicted molar refractivity (Wildman–Crippen MR) is 133 cm³/mol. The molecule has 0 bridgehead atoms. The average molecular weight is 442 g/mol. The Morgan fingerprint density at radius 3 is 2.58 bits per heavy atom. The molecule has 0 spiro atoms. The molecule has 1 fully saturated rings. The SMILES string of the molecule is COc1ccc([C@H]2CC(c3ccc4ccccc4c3)=NN2C(=O)CN2CCCC[C@@H]2C)cc1. The molecule has 0 radical (unpaired) electrons. The highest BCUT2D eigenvalue weighted by Crippen LogP contribution is 2.34. The number of rotatable bonds is 5. The molecule has 2 aliphatic rings. The van der Waals surface area contributed by atoms with Crippen molar-refractivity contribution in [3.63, 3.8) is 0 Å². The standard InChI is InChI=1S/C28H31N3O2/c1-20-7-5-6-16-30(20)19-28(32)31-27(22-12-14-25(33-2)15-13-22)18-26(29-31)24-11-10-21-8-3-4-9-23(21)17-24/h3-4,8-15,17,20,27H,5-7,16,18-19H2,1-2H3/t20-,27+/m0/s1. The molecule has 170 valence electrons. The van der Waals surface area contributed by atoms with E-state index in [1.54, 1.807) is 12.1 Å². The van der Waals surface area contributed by atoms with Crippen molar-refractivity contribution in [1.82, 2.24) is 9.91 Å². The Balaban J connectivity index is 1.45. The van der Waals surface area contributed by atoms with E-state index in [2.05, 4.69) is 54.3 Å². The molecular weight excluding hydrogens is 410 g/mol. The van der Waals surface area contributed by atoms with Crippen LogP contribution >= 0.6 is 0 Å². The second kappa shape index (κ2) is 9.36. The zero-order chi connectivity index (χ0) is 22.8. The van der Waals surface area contributed by atoms with Crippen molar-refractivity contribution >= 4 is 22.4 Å². The summed E-state index contributed by atoms with van der Waals surface area (Å²) in [7, 11) is 1.67. The summed E-state index contributed by atoms with van der Waals surface area (Å²) in [6, 6.07) is 23.1. The summed E-state index contributed by atoms with van der Waals surface area (Å²) >= 11 is 0. The van der Waals surface area contributed by atoms with Crippen LogP contribution in [-0.2, 0) is 4.79 Å². The van der Waals surface area contributed by atoms with Crippen molar-refractivity contribution < 1.29 is 9.53 Å². The van der Waals surface area contributed by atoms with Gasteiger partial charge in [-0.2, -0.15) is 5.10 Å². The van der Waals surface area contributed by atoms with Gasteiger partial charge in [0.05, 0.1) is 25.4 Å². The lowest BCUT2D eigenvalue weighted by Gasteiger charge is -2.34. The van der Waals surface area contributed by atoms with Gasteiger partial charge >= 0.3 is 0 Å². The fourth-order valence-electron chi connectivity index (χ4n) is 5.01. The molecule has 0 unspecified atom stereocenters. The van der Waals surface area contributed by atoms with Crippen molar-refractivity contribution in [3.8, 4) is 5.75 Å². The number of carbonyl (C=O) groups is 1. The van der Waals surface area contributed by atoms with Gasteiger partial charge in [0.25, 0.3) is 5.91 Å². The van der Waals surface area contributed by atoms with Gasteiger partial charge in [0, 0.05) is 12.5 Å². The molecule has 1 amide bonds. The molecule has 2 atom stereocenters. The van der Waals surface area contributed by atoms with E-state index >= 15 is 0 Å².